The zero-order valence-electron chi connectivity index (χ0n) is 8.41. The molecule has 13 heavy (non-hydrogen) atoms. The number of carbonyl (C=O) groups excluding carboxylic acids is 1. The lowest BCUT2D eigenvalue weighted by atomic mass is 10.0. The van der Waals surface area contributed by atoms with Crippen LogP contribution < -0.4 is 0 Å². The lowest BCUT2D eigenvalue weighted by molar-refractivity contribution is -0.163. The van der Waals surface area contributed by atoms with Crippen LogP contribution in [-0.2, 0) is 9.53 Å². The van der Waals surface area contributed by atoms with Gasteiger partial charge in [-0.15, -0.1) is 0 Å². The van der Waals surface area contributed by atoms with Crippen LogP contribution in [0, 0.1) is 0 Å². The van der Waals surface area contributed by atoms with Gasteiger partial charge in [-0.3, -0.25) is 0 Å². The molecule has 1 saturated heterocycles. The van der Waals surface area contributed by atoms with Gasteiger partial charge in [-0.1, -0.05) is 0 Å². The predicted octanol–water partition coefficient (Wildman–Crippen LogP) is 0.00460. The Hall–Kier alpha value is -0.610. The SMILES string of the molecule is CCOC(=O)C1(O)CC(C)N(C)C1. The highest BCUT2D eigenvalue weighted by Gasteiger charge is 2.46. The van der Waals surface area contributed by atoms with Crippen LogP contribution in [0.2, 0.25) is 0 Å². The highest BCUT2D eigenvalue weighted by atomic mass is 16.5. The summed E-state index contributed by atoms with van der Waals surface area (Å²) in [5.41, 5.74) is -1.29. The highest BCUT2D eigenvalue weighted by Crippen LogP contribution is 2.26. The van der Waals surface area contributed by atoms with E-state index in [9.17, 15) is 9.90 Å². The number of ether oxygens (including phenoxy) is 1. The zero-order valence-corrected chi connectivity index (χ0v) is 8.41. The topological polar surface area (TPSA) is 49.8 Å². The van der Waals surface area contributed by atoms with E-state index in [1.165, 1.54) is 0 Å². The molecule has 0 bridgehead atoms. The number of likely N-dealkylation sites (tertiary alicyclic amines) is 1. The van der Waals surface area contributed by atoms with Crippen LogP contribution in [0.4, 0.5) is 0 Å². The van der Waals surface area contributed by atoms with Crippen molar-refractivity contribution < 1.29 is 14.6 Å². The van der Waals surface area contributed by atoms with Crippen molar-refractivity contribution in [1.82, 2.24) is 4.90 Å². The Balaban J connectivity index is 2.63. The van der Waals surface area contributed by atoms with Crippen LogP contribution in [0.25, 0.3) is 0 Å². The van der Waals surface area contributed by atoms with E-state index >= 15 is 0 Å². The Kier molecular flexibility index (Phi) is 2.93. The quantitative estimate of drug-likeness (QED) is 0.618. The summed E-state index contributed by atoms with van der Waals surface area (Å²) in [5, 5.41) is 9.92. The summed E-state index contributed by atoms with van der Waals surface area (Å²) in [6, 6.07) is 0.231. The van der Waals surface area contributed by atoms with E-state index in [4.69, 9.17) is 4.74 Å². The molecule has 4 heteroatoms. The monoisotopic (exact) mass is 187 g/mol. The number of rotatable bonds is 2. The molecule has 1 N–H and O–H groups in total. The summed E-state index contributed by atoms with van der Waals surface area (Å²) in [5.74, 6) is -0.494. The molecule has 0 aromatic rings. The number of carbonyl (C=O) groups is 1. The number of hydrogen-bond donors (Lipinski definition) is 1. The normalized spacial score (nSPS) is 34.9. The van der Waals surface area contributed by atoms with Gasteiger partial charge in [-0.05, 0) is 20.9 Å². The molecule has 2 unspecified atom stereocenters. The summed E-state index contributed by atoms with van der Waals surface area (Å²) < 4.78 is 4.81. The second kappa shape index (κ2) is 3.64. The van der Waals surface area contributed by atoms with Crippen molar-refractivity contribution in [3.8, 4) is 0 Å². The van der Waals surface area contributed by atoms with E-state index in [1.54, 1.807) is 6.92 Å². The molecule has 0 aromatic carbocycles. The van der Waals surface area contributed by atoms with Gasteiger partial charge in [0.2, 0.25) is 0 Å². The third-order valence-corrected chi connectivity index (χ3v) is 2.55. The molecule has 4 nitrogen and oxygen atoms in total. The first-order valence-electron chi connectivity index (χ1n) is 4.59. The Morgan fingerprint density at radius 1 is 1.77 bits per heavy atom. The van der Waals surface area contributed by atoms with Crippen LogP contribution in [0.5, 0.6) is 0 Å². The standard InChI is InChI=1S/C9H17NO3/c1-4-13-8(11)9(12)5-7(2)10(3)6-9/h7,12H,4-6H2,1-3H3. The first kappa shape index (κ1) is 10.5. The molecule has 0 saturated carbocycles. The molecule has 0 aromatic heterocycles. The van der Waals surface area contributed by atoms with Crippen molar-refractivity contribution in [2.75, 3.05) is 20.2 Å². The molecule has 1 rings (SSSR count). The van der Waals surface area contributed by atoms with Crippen LogP contribution in [-0.4, -0.2) is 47.8 Å². The van der Waals surface area contributed by atoms with E-state index in [1.807, 2.05) is 18.9 Å². The van der Waals surface area contributed by atoms with Crippen LogP contribution in [0.15, 0.2) is 0 Å². The Morgan fingerprint density at radius 2 is 2.38 bits per heavy atom. The molecule has 1 fully saturated rings. The Morgan fingerprint density at radius 3 is 2.77 bits per heavy atom. The summed E-state index contributed by atoms with van der Waals surface area (Å²) >= 11 is 0. The van der Waals surface area contributed by atoms with Gasteiger partial charge in [-0.25, -0.2) is 4.79 Å². The van der Waals surface area contributed by atoms with Crippen molar-refractivity contribution in [2.24, 2.45) is 0 Å². The predicted molar refractivity (Wildman–Crippen MR) is 48.3 cm³/mol. The summed E-state index contributed by atoms with van der Waals surface area (Å²) in [6.07, 6.45) is 0.461. The van der Waals surface area contributed by atoms with Gasteiger partial charge in [0.1, 0.15) is 0 Å². The molecular weight excluding hydrogens is 170 g/mol. The highest BCUT2D eigenvalue weighted by molar-refractivity contribution is 5.80. The maximum atomic E-state index is 11.4. The molecule has 0 aliphatic carbocycles. The van der Waals surface area contributed by atoms with E-state index in [0.717, 1.165) is 0 Å². The Bertz CT molecular complexity index is 195. The molecule has 0 radical (unpaired) electrons. The van der Waals surface area contributed by atoms with Crippen molar-refractivity contribution >= 4 is 5.97 Å². The van der Waals surface area contributed by atoms with Crippen molar-refractivity contribution in [1.29, 1.82) is 0 Å². The molecule has 2 atom stereocenters. The first-order valence-corrected chi connectivity index (χ1v) is 4.59. The molecule has 1 heterocycles. The van der Waals surface area contributed by atoms with Gasteiger partial charge in [0.15, 0.2) is 5.60 Å². The Labute approximate surface area is 78.5 Å². The van der Waals surface area contributed by atoms with E-state index in [0.29, 0.717) is 19.6 Å². The average molecular weight is 187 g/mol. The van der Waals surface area contributed by atoms with Crippen molar-refractivity contribution in [3.63, 3.8) is 0 Å². The number of β-amino-alcohol motifs (C(OH)–C–C–N with tert-alkyl or cyclic N) is 1. The van der Waals surface area contributed by atoms with Crippen molar-refractivity contribution in [3.05, 3.63) is 0 Å². The minimum Gasteiger partial charge on any atom is -0.464 e. The van der Waals surface area contributed by atoms with E-state index < -0.39 is 11.6 Å². The number of likely N-dealkylation sites (N-methyl/N-ethyl adjacent to an activating group) is 1. The van der Waals surface area contributed by atoms with E-state index in [2.05, 4.69) is 0 Å². The number of hydrogen-bond acceptors (Lipinski definition) is 4. The third kappa shape index (κ3) is 2.00. The number of nitrogens with zero attached hydrogens (tertiary/aromatic N) is 1. The molecular formula is C9H17NO3. The van der Waals surface area contributed by atoms with Crippen LogP contribution in [0.3, 0.4) is 0 Å². The summed E-state index contributed by atoms with van der Waals surface area (Å²) in [4.78, 5) is 13.3. The maximum Gasteiger partial charge on any atom is 0.339 e. The molecule has 76 valence electrons. The van der Waals surface area contributed by atoms with Gasteiger partial charge >= 0.3 is 5.97 Å². The maximum absolute atomic E-state index is 11.4. The fourth-order valence-corrected chi connectivity index (χ4v) is 1.69. The molecule has 0 spiro atoms. The van der Waals surface area contributed by atoms with Gasteiger partial charge in [0.25, 0.3) is 0 Å². The second-order valence-corrected chi connectivity index (χ2v) is 3.72. The second-order valence-electron chi connectivity index (χ2n) is 3.72. The molecule has 0 amide bonds. The fraction of sp³-hybridized carbons (Fsp3) is 0.889. The third-order valence-electron chi connectivity index (χ3n) is 2.55. The average Bonchev–Trinajstić information content (AvgIpc) is 2.28. The van der Waals surface area contributed by atoms with Gasteiger partial charge in [0, 0.05) is 19.0 Å². The summed E-state index contributed by atoms with van der Waals surface area (Å²) in [6.45, 7) is 4.41. The summed E-state index contributed by atoms with van der Waals surface area (Å²) in [7, 11) is 1.89. The minimum absolute atomic E-state index is 0.231. The van der Waals surface area contributed by atoms with Crippen LogP contribution in [0.1, 0.15) is 20.3 Å². The first-order chi connectivity index (χ1) is 5.99. The largest absolute Gasteiger partial charge is 0.464 e. The minimum atomic E-state index is -1.29. The van der Waals surface area contributed by atoms with Crippen molar-refractivity contribution in [2.45, 2.75) is 31.9 Å². The molecule has 1 aliphatic heterocycles. The van der Waals surface area contributed by atoms with Gasteiger partial charge in [-0.2, -0.15) is 0 Å². The van der Waals surface area contributed by atoms with Gasteiger partial charge < -0.3 is 14.7 Å². The lowest BCUT2D eigenvalue weighted by Gasteiger charge is -2.19. The number of aliphatic hydroxyl groups is 1. The molecule has 1 aliphatic rings. The fourth-order valence-electron chi connectivity index (χ4n) is 1.69. The lowest BCUT2D eigenvalue weighted by Crippen LogP contribution is -2.42. The number of esters is 1. The zero-order chi connectivity index (χ0) is 10.1. The van der Waals surface area contributed by atoms with E-state index in [-0.39, 0.29) is 6.04 Å². The smallest absolute Gasteiger partial charge is 0.339 e. The van der Waals surface area contributed by atoms with Crippen LogP contribution >= 0.6 is 0 Å². The van der Waals surface area contributed by atoms with Gasteiger partial charge in [0.05, 0.1) is 6.61 Å².